The van der Waals surface area contributed by atoms with Crippen molar-refractivity contribution >= 4 is 11.9 Å². The second-order valence-electron chi connectivity index (χ2n) is 11.8. The molecule has 1 heterocycles. The summed E-state index contributed by atoms with van der Waals surface area (Å²) in [4.78, 5) is 33.8. The Morgan fingerprint density at radius 2 is 1.16 bits per heavy atom. The van der Waals surface area contributed by atoms with Gasteiger partial charge in [0.2, 0.25) is 0 Å². The molecule has 3 aromatic rings. The van der Waals surface area contributed by atoms with Crippen LogP contribution in [0.5, 0.6) is 11.5 Å². The SMILES string of the molecule is CCCCCCCCCCCCOc1ccc(C(=O)Oc2ccc(-c3ncc(C(=O)O[C@H](C)CCCCCC)cn3)cc2)cc1. The van der Waals surface area contributed by atoms with Crippen molar-refractivity contribution in [2.75, 3.05) is 6.61 Å². The molecule has 2 aromatic carbocycles. The Morgan fingerprint density at radius 1 is 0.622 bits per heavy atom. The van der Waals surface area contributed by atoms with E-state index in [1.54, 1.807) is 48.5 Å². The molecule has 0 radical (unpaired) electrons. The summed E-state index contributed by atoms with van der Waals surface area (Å²) < 4.78 is 16.9. The number of hydrogen-bond donors (Lipinski definition) is 0. The van der Waals surface area contributed by atoms with E-state index in [-0.39, 0.29) is 6.10 Å². The highest BCUT2D eigenvalue weighted by atomic mass is 16.5. The van der Waals surface area contributed by atoms with Crippen molar-refractivity contribution in [2.45, 2.75) is 123 Å². The standard InChI is InChI=1S/C38H52N2O5/c1-4-6-8-10-11-12-13-14-15-17-27-43-34-23-21-32(22-24-34)37(41)45-35-25-19-31(20-26-35)36-39-28-33(29-40-36)38(42)44-30(3)18-16-9-7-5-2/h19-26,28-30H,4-18,27H2,1-3H3/t30-/m1/s1. The topological polar surface area (TPSA) is 87.6 Å². The van der Waals surface area contributed by atoms with Crippen LogP contribution in [0.1, 0.15) is 138 Å². The van der Waals surface area contributed by atoms with Gasteiger partial charge in [0.15, 0.2) is 5.82 Å². The summed E-state index contributed by atoms with van der Waals surface area (Å²) >= 11 is 0. The van der Waals surface area contributed by atoms with Gasteiger partial charge in [0.25, 0.3) is 0 Å². The first-order chi connectivity index (χ1) is 22.0. The van der Waals surface area contributed by atoms with Gasteiger partial charge < -0.3 is 14.2 Å². The number of carbonyl (C=O) groups is 2. The normalized spacial score (nSPS) is 11.6. The molecule has 0 bridgehead atoms. The van der Waals surface area contributed by atoms with E-state index in [4.69, 9.17) is 14.2 Å². The van der Waals surface area contributed by atoms with Crippen LogP contribution in [-0.2, 0) is 4.74 Å². The van der Waals surface area contributed by atoms with E-state index >= 15 is 0 Å². The lowest BCUT2D eigenvalue weighted by molar-refractivity contribution is 0.0318. The third-order valence-corrected chi connectivity index (χ3v) is 7.84. The van der Waals surface area contributed by atoms with Crippen molar-refractivity contribution in [1.82, 2.24) is 9.97 Å². The summed E-state index contributed by atoms with van der Waals surface area (Å²) in [6.07, 6.45) is 21.1. The van der Waals surface area contributed by atoms with Crippen LogP contribution in [0.3, 0.4) is 0 Å². The van der Waals surface area contributed by atoms with Gasteiger partial charge >= 0.3 is 11.9 Å². The molecule has 0 N–H and O–H groups in total. The Morgan fingerprint density at radius 3 is 1.76 bits per heavy atom. The van der Waals surface area contributed by atoms with Gasteiger partial charge in [-0.05, 0) is 74.7 Å². The first-order valence-electron chi connectivity index (χ1n) is 17.1. The van der Waals surface area contributed by atoms with Crippen LogP contribution in [0.4, 0.5) is 0 Å². The van der Waals surface area contributed by atoms with Gasteiger partial charge in [0.05, 0.1) is 23.8 Å². The van der Waals surface area contributed by atoms with E-state index in [2.05, 4.69) is 23.8 Å². The van der Waals surface area contributed by atoms with Gasteiger partial charge in [0, 0.05) is 18.0 Å². The summed E-state index contributed by atoms with van der Waals surface area (Å²) in [6.45, 7) is 7.02. The van der Waals surface area contributed by atoms with Crippen LogP contribution in [0.2, 0.25) is 0 Å². The Hall–Kier alpha value is -3.74. The van der Waals surface area contributed by atoms with Crippen LogP contribution >= 0.6 is 0 Å². The third-order valence-electron chi connectivity index (χ3n) is 7.84. The Balaban J connectivity index is 1.36. The first-order valence-corrected chi connectivity index (χ1v) is 17.1. The highest BCUT2D eigenvalue weighted by molar-refractivity contribution is 5.91. The molecule has 3 rings (SSSR count). The molecule has 0 aliphatic carbocycles. The zero-order chi connectivity index (χ0) is 32.1. The van der Waals surface area contributed by atoms with Crippen molar-refractivity contribution in [2.24, 2.45) is 0 Å². The van der Waals surface area contributed by atoms with Crippen LogP contribution in [0.15, 0.2) is 60.9 Å². The average molecular weight is 617 g/mol. The number of esters is 2. The molecule has 0 unspecified atom stereocenters. The predicted octanol–water partition coefficient (Wildman–Crippen LogP) is 10.2. The van der Waals surface area contributed by atoms with Crippen molar-refractivity contribution in [3.63, 3.8) is 0 Å². The van der Waals surface area contributed by atoms with Gasteiger partial charge in [0.1, 0.15) is 11.5 Å². The zero-order valence-corrected chi connectivity index (χ0v) is 27.6. The minimum atomic E-state index is -0.442. The molecule has 7 heteroatoms. The van der Waals surface area contributed by atoms with Crippen molar-refractivity contribution in [1.29, 1.82) is 0 Å². The van der Waals surface area contributed by atoms with E-state index < -0.39 is 11.9 Å². The van der Waals surface area contributed by atoms with Gasteiger partial charge in [-0.3, -0.25) is 0 Å². The number of aromatic nitrogens is 2. The van der Waals surface area contributed by atoms with Crippen LogP contribution < -0.4 is 9.47 Å². The second-order valence-corrected chi connectivity index (χ2v) is 11.8. The Kier molecular flexibility index (Phi) is 16.7. The maximum atomic E-state index is 12.7. The van der Waals surface area contributed by atoms with Crippen LogP contribution in [0.25, 0.3) is 11.4 Å². The van der Waals surface area contributed by atoms with Crippen LogP contribution in [0, 0.1) is 0 Å². The highest BCUT2D eigenvalue weighted by Gasteiger charge is 2.14. The molecule has 7 nitrogen and oxygen atoms in total. The molecule has 0 aliphatic heterocycles. The summed E-state index contributed by atoms with van der Waals surface area (Å²) in [5.41, 5.74) is 1.51. The molecule has 1 atom stereocenters. The maximum Gasteiger partial charge on any atom is 0.343 e. The van der Waals surface area contributed by atoms with Crippen LogP contribution in [-0.4, -0.2) is 34.6 Å². The Bertz CT molecular complexity index is 1240. The quantitative estimate of drug-likeness (QED) is 0.0630. The summed E-state index contributed by atoms with van der Waals surface area (Å²) in [5.74, 6) is 0.773. The van der Waals surface area contributed by atoms with Gasteiger partial charge in [-0.15, -0.1) is 0 Å². The second kappa shape index (κ2) is 21.1. The van der Waals surface area contributed by atoms with E-state index in [9.17, 15) is 9.59 Å². The molecular weight excluding hydrogens is 564 g/mol. The molecule has 244 valence electrons. The smallest absolute Gasteiger partial charge is 0.343 e. The zero-order valence-electron chi connectivity index (χ0n) is 27.6. The Labute approximate surface area is 270 Å². The third kappa shape index (κ3) is 13.8. The monoisotopic (exact) mass is 616 g/mol. The molecule has 0 saturated carbocycles. The van der Waals surface area contributed by atoms with Crippen molar-refractivity contribution in [3.8, 4) is 22.9 Å². The molecule has 45 heavy (non-hydrogen) atoms. The largest absolute Gasteiger partial charge is 0.494 e. The summed E-state index contributed by atoms with van der Waals surface area (Å²) in [6, 6.07) is 14.0. The van der Waals surface area contributed by atoms with Gasteiger partial charge in [-0.2, -0.15) is 0 Å². The number of ether oxygens (including phenoxy) is 3. The number of nitrogens with zero attached hydrogens (tertiary/aromatic N) is 2. The fourth-order valence-electron chi connectivity index (χ4n) is 5.06. The molecule has 1 aromatic heterocycles. The van der Waals surface area contributed by atoms with Gasteiger partial charge in [-0.25, -0.2) is 19.6 Å². The number of unbranched alkanes of at least 4 members (excludes halogenated alkanes) is 12. The molecule has 0 amide bonds. The molecule has 0 spiro atoms. The van der Waals surface area contributed by atoms with E-state index in [0.29, 0.717) is 29.3 Å². The van der Waals surface area contributed by atoms with Crippen molar-refractivity contribution < 1.29 is 23.8 Å². The predicted molar refractivity (Wildman–Crippen MR) is 180 cm³/mol. The molecule has 0 aliphatic rings. The molecule has 0 saturated heterocycles. The molecular formula is C38H52N2O5. The summed E-state index contributed by atoms with van der Waals surface area (Å²) in [5, 5.41) is 0. The highest BCUT2D eigenvalue weighted by Crippen LogP contribution is 2.21. The fraction of sp³-hybridized carbons (Fsp3) is 0.526. The van der Waals surface area contributed by atoms with Crippen molar-refractivity contribution in [3.05, 3.63) is 72.1 Å². The average Bonchev–Trinajstić information content (AvgIpc) is 3.06. The number of carbonyl (C=O) groups excluding carboxylic acids is 2. The molecule has 0 fully saturated rings. The fourth-order valence-corrected chi connectivity index (χ4v) is 5.06. The lowest BCUT2D eigenvalue weighted by atomic mass is 10.1. The van der Waals surface area contributed by atoms with E-state index in [1.165, 1.54) is 83.0 Å². The van der Waals surface area contributed by atoms with E-state index in [1.807, 2.05) is 6.92 Å². The minimum Gasteiger partial charge on any atom is -0.494 e. The summed E-state index contributed by atoms with van der Waals surface area (Å²) in [7, 11) is 0. The lowest BCUT2D eigenvalue weighted by Crippen LogP contribution is -2.15. The number of hydrogen-bond acceptors (Lipinski definition) is 7. The maximum absolute atomic E-state index is 12.7. The minimum absolute atomic E-state index is 0.144. The number of rotatable bonds is 22. The number of benzene rings is 2. The first kappa shape index (κ1) is 35.7. The van der Waals surface area contributed by atoms with E-state index in [0.717, 1.165) is 37.0 Å². The van der Waals surface area contributed by atoms with Gasteiger partial charge in [-0.1, -0.05) is 90.9 Å². The lowest BCUT2D eigenvalue weighted by Gasteiger charge is -2.13.